The van der Waals surface area contributed by atoms with Gasteiger partial charge in [0.05, 0.1) is 10.2 Å². The molecule has 0 amide bonds. The third-order valence-electron chi connectivity index (χ3n) is 0. The molecular weight excluding hydrogens is 341 g/mol. The molecular formula is H10BaN2O11. The van der Waals surface area contributed by atoms with Gasteiger partial charge in [-0.15, -0.1) is 0 Å². The standard InChI is InChI=1S/Ba.2NO3.5H2O/c;2*2-1(3)4;;;;;/h;;;5*1H2/q+2;2*-1;;;;;. The quantitative estimate of drug-likeness (QED) is 0.233. The summed E-state index contributed by atoms with van der Waals surface area (Å²) in [4.78, 5) is 16.5. The summed E-state index contributed by atoms with van der Waals surface area (Å²) < 4.78 is 0. The summed E-state index contributed by atoms with van der Waals surface area (Å²) >= 11 is 0. The smallest absolute Gasteiger partial charge is 0.412 e. The second kappa shape index (κ2) is 53.1. The van der Waals surface area contributed by atoms with E-state index in [2.05, 4.69) is 0 Å². The van der Waals surface area contributed by atoms with Crippen molar-refractivity contribution in [3.05, 3.63) is 30.6 Å². The first-order valence-electron chi connectivity index (χ1n) is 1.10. The van der Waals surface area contributed by atoms with Crippen LogP contribution in [-0.4, -0.2) is 86.4 Å². The van der Waals surface area contributed by atoms with Crippen LogP contribution < -0.4 is 0 Å². The van der Waals surface area contributed by atoms with Crippen LogP contribution in [-0.2, 0) is 0 Å². The summed E-state index contributed by atoms with van der Waals surface area (Å²) in [6.07, 6.45) is 0. The Morgan fingerprint density at radius 2 is 0.571 bits per heavy atom. The average Bonchev–Trinajstić information content (AvgIpc) is 1.25. The Bertz CT molecular complexity index is 71.3. The molecule has 0 spiro atoms. The maximum atomic E-state index is 8.25. The maximum Gasteiger partial charge on any atom is 2.00 e. The number of hydrogen-bond acceptors (Lipinski definition) is 6. The molecule has 0 atom stereocenters. The van der Waals surface area contributed by atoms with Crippen molar-refractivity contribution in [2.45, 2.75) is 0 Å². The van der Waals surface area contributed by atoms with Crippen LogP contribution in [0.3, 0.4) is 0 Å². The van der Waals surface area contributed by atoms with Crippen molar-refractivity contribution in [2.24, 2.45) is 0 Å². The predicted molar refractivity (Wildman–Crippen MR) is 44.5 cm³/mol. The van der Waals surface area contributed by atoms with Crippen LogP contribution >= 0.6 is 0 Å². The van der Waals surface area contributed by atoms with Crippen molar-refractivity contribution < 1.29 is 37.6 Å². The zero-order valence-corrected chi connectivity index (χ0v) is 11.0. The first-order valence-corrected chi connectivity index (χ1v) is 1.10. The molecule has 88 valence electrons. The van der Waals surface area contributed by atoms with E-state index in [9.17, 15) is 0 Å². The largest absolute Gasteiger partial charge is 2.00 e. The summed E-state index contributed by atoms with van der Waals surface area (Å²) in [5.74, 6) is 0. The molecule has 14 heavy (non-hydrogen) atoms. The minimum absolute atomic E-state index is 0. The molecule has 0 aliphatic heterocycles. The second-order valence-electron chi connectivity index (χ2n) is 0.447. The van der Waals surface area contributed by atoms with E-state index in [-0.39, 0.29) is 76.3 Å². The molecule has 0 fully saturated rings. The molecule has 14 heteroatoms. The molecule has 0 saturated carbocycles. The fraction of sp³-hybridized carbons (Fsp3) is 0. The summed E-state index contributed by atoms with van der Waals surface area (Å²) in [5, 5.41) is 29.5. The van der Waals surface area contributed by atoms with Crippen molar-refractivity contribution in [3.8, 4) is 0 Å². The van der Waals surface area contributed by atoms with Crippen LogP contribution in [0.5, 0.6) is 0 Å². The van der Waals surface area contributed by atoms with Gasteiger partial charge in [0.2, 0.25) is 0 Å². The number of hydrogen-bond donors (Lipinski definition) is 0. The monoisotopic (exact) mass is 352 g/mol. The maximum absolute atomic E-state index is 8.25. The molecule has 0 aromatic rings. The summed E-state index contributed by atoms with van der Waals surface area (Å²) in [6.45, 7) is 0. The minimum atomic E-state index is -1.75. The Morgan fingerprint density at radius 1 is 0.571 bits per heavy atom. The van der Waals surface area contributed by atoms with E-state index in [1.165, 1.54) is 0 Å². The molecule has 0 rings (SSSR count). The van der Waals surface area contributed by atoms with Crippen molar-refractivity contribution in [1.29, 1.82) is 0 Å². The van der Waals surface area contributed by atoms with Gasteiger partial charge >= 0.3 is 48.9 Å². The van der Waals surface area contributed by atoms with E-state index in [0.29, 0.717) is 0 Å². The fourth-order valence-corrected chi connectivity index (χ4v) is 0. The van der Waals surface area contributed by atoms with Gasteiger partial charge in [0.1, 0.15) is 0 Å². The van der Waals surface area contributed by atoms with Crippen LogP contribution in [0.25, 0.3) is 0 Å². The first kappa shape index (κ1) is 67.4. The van der Waals surface area contributed by atoms with Crippen LogP contribution in [0, 0.1) is 30.6 Å². The number of rotatable bonds is 0. The Balaban J connectivity index is -0.00000000600. The van der Waals surface area contributed by atoms with Crippen LogP contribution in [0.1, 0.15) is 0 Å². The Morgan fingerprint density at radius 3 is 0.571 bits per heavy atom. The third-order valence-corrected chi connectivity index (χ3v) is 0. The fourth-order valence-electron chi connectivity index (χ4n) is 0. The molecule has 0 aliphatic carbocycles. The van der Waals surface area contributed by atoms with Gasteiger partial charge in [0.15, 0.2) is 0 Å². The topological polar surface area (TPSA) is 290 Å². The molecule has 0 aliphatic rings. The molecule has 0 saturated heterocycles. The minimum Gasteiger partial charge on any atom is -0.412 e. The zero-order valence-electron chi connectivity index (χ0n) is 6.55. The molecule has 13 nitrogen and oxygen atoms in total. The van der Waals surface area contributed by atoms with Crippen LogP contribution in [0.2, 0.25) is 0 Å². The van der Waals surface area contributed by atoms with Gasteiger partial charge in [-0.1, -0.05) is 0 Å². The molecule has 0 radical (unpaired) electrons. The van der Waals surface area contributed by atoms with Gasteiger partial charge in [-0.2, -0.15) is 0 Å². The molecule has 0 bridgehead atoms. The van der Waals surface area contributed by atoms with Crippen molar-refractivity contribution in [1.82, 2.24) is 0 Å². The summed E-state index contributed by atoms with van der Waals surface area (Å²) in [5.41, 5.74) is 0. The van der Waals surface area contributed by atoms with E-state index >= 15 is 0 Å². The average molecular weight is 351 g/mol. The summed E-state index contributed by atoms with van der Waals surface area (Å²) in [7, 11) is 0. The van der Waals surface area contributed by atoms with Gasteiger partial charge in [0, 0.05) is 0 Å². The van der Waals surface area contributed by atoms with E-state index in [4.69, 9.17) is 30.6 Å². The van der Waals surface area contributed by atoms with E-state index in [1.54, 1.807) is 0 Å². The van der Waals surface area contributed by atoms with Gasteiger partial charge in [-0.25, -0.2) is 0 Å². The van der Waals surface area contributed by atoms with E-state index < -0.39 is 10.2 Å². The molecule has 0 heterocycles. The third kappa shape index (κ3) is 26100. The van der Waals surface area contributed by atoms with Gasteiger partial charge < -0.3 is 58.0 Å². The van der Waals surface area contributed by atoms with Crippen molar-refractivity contribution in [3.63, 3.8) is 0 Å². The Kier molecular flexibility index (Phi) is 256. The Labute approximate surface area is 116 Å². The first-order chi connectivity index (χ1) is 3.46. The molecule has 0 aromatic heterocycles. The van der Waals surface area contributed by atoms with E-state index in [1.807, 2.05) is 0 Å². The number of nitrogens with zero attached hydrogens (tertiary/aromatic N) is 2. The Hall–Kier alpha value is -0.229. The molecule has 10 N–H and O–H groups in total. The predicted octanol–water partition coefficient (Wildman–Crippen LogP) is -4.98. The van der Waals surface area contributed by atoms with Gasteiger partial charge in [-0.05, 0) is 0 Å². The normalized spacial score (nSPS) is 3.43. The van der Waals surface area contributed by atoms with E-state index in [0.717, 1.165) is 0 Å². The van der Waals surface area contributed by atoms with Crippen LogP contribution in [0.4, 0.5) is 0 Å². The second-order valence-corrected chi connectivity index (χ2v) is 0.447. The molecule has 0 unspecified atom stereocenters. The van der Waals surface area contributed by atoms with Crippen LogP contribution in [0.15, 0.2) is 0 Å². The van der Waals surface area contributed by atoms with Crippen molar-refractivity contribution in [2.75, 3.05) is 0 Å². The van der Waals surface area contributed by atoms with Gasteiger partial charge in [0.25, 0.3) is 0 Å². The van der Waals surface area contributed by atoms with Crippen molar-refractivity contribution >= 4 is 48.9 Å². The summed E-state index contributed by atoms with van der Waals surface area (Å²) in [6, 6.07) is 0. The van der Waals surface area contributed by atoms with Gasteiger partial charge in [-0.3, -0.25) is 0 Å². The SMILES string of the molecule is O.O.O.O.O.O=[N+]([O-])[O-].O=[N+]([O-])[O-].[Ba+2]. The zero-order chi connectivity index (χ0) is 7.15. The molecule has 0 aromatic carbocycles.